The lowest BCUT2D eigenvalue weighted by molar-refractivity contribution is 0.0636. The topological polar surface area (TPSA) is 99.0 Å². The molecular formula is C21H25N5O3. The van der Waals surface area contributed by atoms with Gasteiger partial charge in [-0.15, -0.1) is 0 Å². The third kappa shape index (κ3) is 4.96. The Hall–Kier alpha value is -3.29. The molecule has 0 unspecified atom stereocenters. The summed E-state index contributed by atoms with van der Waals surface area (Å²) >= 11 is 0. The van der Waals surface area contributed by atoms with E-state index in [4.69, 9.17) is 4.74 Å². The molecule has 0 aliphatic rings. The lowest BCUT2D eigenvalue weighted by Gasteiger charge is -2.19. The molecule has 0 bridgehead atoms. The summed E-state index contributed by atoms with van der Waals surface area (Å²) in [5.41, 5.74) is 0.952. The molecule has 8 heteroatoms. The van der Waals surface area contributed by atoms with Gasteiger partial charge < -0.3 is 4.74 Å². The van der Waals surface area contributed by atoms with Crippen LogP contribution in [0.25, 0.3) is 16.9 Å². The number of rotatable bonds is 5. The van der Waals surface area contributed by atoms with Crippen molar-refractivity contribution in [3.63, 3.8) is 0 Å². The van der Waals surface area contributed by atoms with Crippen LogP contribution >= 0.6 is 0 Å². The van der Waals surface area contributed by atoms with Crippen LogP contribution in [-0.2, 0) is 11.2 Å². The summed E-state index contributed by atoms with van der Waals surface area (Å²) in [6.07, 6.45) is 5.00. The number of benzene rings is 1. The number of ether oxygens (including phenoxy) is 1. The predicted molar refractivity (Wildman–Crippen MR) is 111 cm³/mol. The van der Waals surface area contributed by atoms with Crippen molar-refractivity contribution in [1.82, 2.24) is 19.5 Å². The second-order valence-corrected chi connectivity index (χ2v) is 7.67. The van der Waals surface area contributed by atoms with Crippen LogP contribution in [0.5, 0.6) is 0 Å². The molecule has 8 nitrogen and oxygen atoms in total. The Morgan fingerprint density at radius 1 is 1.14 bits per heavy atom. The molecule has 0 radical (unpaired) electrons. The molecule has 2 aromatic heterocycles. The number of hydrogen-bond donors (Lipinski definition) is 1. The molecule has 0 aliphatic carbocycles. The van der Waals surface area contributed by atoms with E-state index >= 15 is 0 Å². The number of fused-ring (bicyclic) bond motifs is 1. The Morgan fingerprint density at radius 3 is 2.48 bits per heavy atom. The summed E-state index contributed by atoms with van der Waals surface area (Å²) in [7, 11) is 0. The number of nitrogens with zero attached hydrogens (tertiary/aromatic N) is 4. The second kappa shape index (κ2) is 8.38. The van der Waals surface area contributed by atoms with Gasteiger partial charge in [-0.05, 0) is 51.5 Å². The van der Waals surface area contributed by atoms with Crippen molar-refractivity contribution in [3.8, 4) is 5.69 Å². The van der Waals surface area contributed by atoms with Crippen molar-refractivity contribution < 1.29 is 9.53 Å². The Kier molecular flexibility index (Phi) is 5.91. The zero-order valence-corrected chi connectivity index (χ0v) is 17.1. The standard InChI is InChI=1S/C21H25N5O3/c1-5-6-7-16-25-18-17(22-12-13-23-18)19(27)26(16)15-10-8-14(9-11-15)24-20(28)29-21(2,3)4/h8-13H,5-7H2,1-4H3,(H,24,28). The van der Waals surface area contributed by atoms with Gasteiger partial charge in [0.25, 0.3) is 5.56 Å². The zero-order valence-electron chi connectivity index (χ0n) is 17.1. The highest BCUT2D eigenvalue weighted by Gasteiger charge is 2.17. The molecule has 152 valence electrons. The van der Waals surface area contributed by atoms with Crippen molar-refractivity contribution in [2.75, 3.05) is 5.32 Å². The minimum absolute atomic E-state index is 0.226. The van der Waals surface area contributed by atoms with Crippen LogP contribution in [0.2, 0.25) is 0 Å². The number of hydrogen-bond acceptors (Lipinski definition) is 6. The SMILES string of the molecule is CCCCc1nc2nccnc2c(=O)n1-c1ccc(NC(=O)OC(C)(C)C)cc1. The van der Waals surface area contributed by atoms with E-state index in [1.807, 2.05) is 0 Å². The first-order valence-corrected chi connectivity index (χ1v) is 9.61. The zero-order chi connectivity index (χ0) is 21.0. The van der Waals surface area contributed by atoms with Gasteiger partial charge in [-0.2, -0.15) is 0 Å². The lowest BCUT2D eigenvalue weighted by Crippen LogP contribution is -2.27. The maximum atomic E-state index is 13.1. The van der Waals surface area contributed by atoms with Crippen LogP contribution in [0.3, 0.4) is 0 Å². The van der Waals surface area contributed by atoms with E-state index in [2.05, 4.69) is 27.2 Å². The van der Waals surface area contributed by atoms with Crippen LogP contribution in [0.1, 0.15) is 46.4 Å². The molecule has 0 saturated heterocycles. The van der Waals surface area contributed by atoms with Crippen molar-refractivity contribution in [2.24, 2.45) is 0 Å². The Bertz CT molecular complexity index is 1070. The summed E-state index contributed by atoms with van der Waals surface area (Å²) in [4.78, 5) is 37.9. The van der Waals surface area contributed by atoms with Gasteiger partial charge in [0.1, 0.15) is 11.4 Å². The average Bonchev–Trinajstić information content (AvgIpc) is 2.66. The monoisotopic (exact) mass is 395 g/mol. The fourth-order valence-electron chi connectivity index (χ4n) is 2.84. The summed E-state index contributed by atoms with van der Waals surface area (Å²) in [6, 6.07) is 6.95. The molecule has 3 rings (SSSR count). The van der Waals surface area contributed by atoms with E-state index < -0.39 is 11.7 Å². The second-order valence-electron chi connectivity index (χ2n) is 7.67. The smallest absolute Gasteiger partial charge is 0.412 e. The van der Waals surface area contributed by atoms with Crippen molar-refractivity contribution >= 4 is 22.9 Å². The molecule has 0 fully saturated rings. The number of carbonyl (C=O) groups is 1. The highest BCUT2D eigenvalue weighted by molar-refractivity contribution is 5.85. The van der Waals surface area contributed by atoms with Crippen molar-refractivity contribution in [2.45, 2.75) is 52.6 Å². The largest absolute Gasteiger partial charge is 0.444 e. The third-order valence-electron chi connectivity index (χ3n) is 4.10. The number of aromatic nitrogens is 4. The first-order valence-electron chi connectivity index (χ1n) is 9.61. The van der Waals surface area contributed by atoms with Gasteiger partial charge in [-0.1, -0.05) is 13.3 Å². The quantitative estimate of drug-likeness (QED) is 0.704. The lowest BCUT2D eigenvalue weighted by atomic mass is 10.2. The molecule has 1 aromatic carbocycles. The van der Waals surface area contributed by atoms with Crippen LogP contribution in [0.15, 0.2) is 41.5 Å². The van der Waals surface area contributed by atoms with Crippen molar-refractivity contribution in [3.05, 3.63) is 52.8 Å². The molecule has 29 heavy (non-hydrogen) atoms. The number of nitrogens with one attached hydrogen (secondary N) is 1. The average molecular weight is 395 g/mol. The minimum atomic E-state index is -0.580. The first kappa shape index (κ1) is 20.4. The Labute approximate surface area is 169 Å². The Balaban J connectivity index is 1.96. The molecule has 3 aromatic rings. The number of amides is 1. The molecule has 1 N–H and O–H groups in total. The van der Waals surface area contributed by atoms with Gasteiger partial charge in [0.05, 0.1) is 5.69 Å². The van der Waals surface area contributed by atoms with Gasteiger partial charge in [-0.25, -0.2) is 19.7 Å². The van der Waals surface area contributed by atoms with E-state index in [1.54, 1.807) is 49.6 Å². The Morgan fingerprint density at radius 2 is 1.83 bits per heavy atom. The first-order chi connectivity index (χ1) is 13.8. The molecule has 0 saturated carbocycles. The van der Waals surface area contributed by atoms with Crippen LogP contribution in [0.4, 0.5) is 10.5 Å². The van der Waals surface area contributed by atoms with E-state index in [1.165, 1.54) is 12.4 Å². The molecule has 2 heterocycles. The molecule has 0 atom stereocenters. The number of unbranched alkanes of at least 4 members (excludes halogenated alkanes) is 1. The van der Waals surface area contributed by atoms with E-state index in [-0.39, 0.29) is 11.1 Å². The predicted octanol–water partition coefficient (Wildman–Crippen LogP) is 3.87. The molecule has 0 aliphatic heterocycles. The summed E-state index contributed by atoms with van der Waals surface area (Å²) in [6.45, 7) is 7.49. The highest BCUT2D eigenvalue weighted by atomic mass is 16.6. The molecule has 0 spiro atoms. The number of aryl methyl sites for hydroxylation is 1. The summed E-state index contributed by atoms with van der Waals surface area (Å²) in [5.74, 6) is 0.637. The van der Waals surface area contributed by atoms with Gasteiger partial charge in [-0.3, -0.25) is 14.7 Å². The number of anilines is 1. The maximum absolute atomic E-state index is 13.1. The van der Waals surface area contributed by atoms with E-state index in [9.17, 15) is 9.59 Å². The highest BCUT2D eigenvalue weighted by Crippen LogP contribution is 2.17. The van der Waals surface area contributed by atoms with Crippen LogP contribution in [0, 0.1) is 0 Å². The normalized spacial score (nSPS) is 11.4. The number of carbonyl (C=O) groups excluding carboxylic acids is 1. The maximum Gasteiger partial charge on any atom is 0.412 e. The molecular weight excluding hydrogens is 370 g/mol. The summed E-state index contributed by atoms with van der Waals surface area (Å²) < 4.78 is 6.82. The molecule has 1 amide bonds. The minimum Gasteiger partial charge on any atom is -0.444 e. The summed E-state index contributed by atoms with van der Waals surface area (Å²) in [5, 5.41) is 2.68. The van der Waals surface area contributed by atoms with E-state index in [0.717, 1.165) is 12.8 Å². The fraction of sp³-hybridized carbons (Fsp3) is 0.381. The van der Waals surface area contributed by atoms with Gasteiger partial charge in [0.15, 0.2) is 11.2 Å². The van der Waals surface area contributed by atoms with Crippen molar-refractivity contribution in [1.29, 1.82) is 0 Å². The van der Waals surface area contributed by atoms with Crippen LogP contribution in [-0.4, -0.2) is 31.2 Å². The van der Waals surface area contributed by atoms with Gasteiger partial charge in [0, 0.05) is 24.5 Å². The third-order valence-corrected chi connectivity index (χ3v) is 4.10. The van der Waals surface area contributed by atoms with Gasteiger partial charge >= 0.3 is 6.09 Å². The fourth-order valence-corrected chi connectivity index (χ4v) is 2.84. The van der Waals surface area contributed by atoms with Gasteiger partial charge in [0.2, 0.25) is 0 Å². The van der Waals surface area contributed by atoms with E-state index in [0.29, 0.717) is 29.3 Å². The van der Waals surface area contributed by atoms with Crippen LogP contribution < -0.4 is 10.9 Å².